The molecule has 1 saturated heterocycles. The molecule has 27 heavy (non-hydrogen) atoms. The van der Waals surface area contributed by atoms with Gasteiger partial charge in [-0.05, 0) is 66.0 Å². The number of halogens is 1. The van der Waals surface area contributed by atoms with Crippen LogP contribution in [0.2, 0.25) is 5.28 Å². The van der Waals surface area contributed by atoms with Crippen LogP contribution >= 0.6 is 11.6 Å². The van der Waals surface area contributed by atoms with Crippen LogP contribution < -0.4 is 0 Å². The highest BCUT2D eigenvalue weighted by Crippen LogP contribution is 2.33. The molecule has 4 nitrogen and oxygen atoms in total. The molecular formula is C22H28ClN3O. The fourth-order valence-electron chi connectivity index (χ4n) is 3.72. The molecule has 2 aromatic rings. The van der Waals surface area contributed by atoms with Crippen LogP contribution in [0.25, 0.3) is 11.3 Å². The van der Waals surface area contributed by atoms with Crippen LogP contribution in [0.3, 0.4) is 0 Å². The third-order valence-electron chi connectivity index (χ3n) is 5.64. The van der Waals surface area contributed by atoms with Crippen molar-refractivity contribution >= 4 is 17.5 Å². The number of aromatic nitrogens is 2. The SMILES string of the molecule is Cc1cc(-c2ccnc(Cl)n2)ccc1CCC(=O)N1CCC(C(C)(C)C)C1. The maximum absolute atomic E-state index is 12.6. The predicted octanol–water partition coefficient (Wildman–Crippen LogP) is 4.93. The summed E-state index contributed by atoms with van der Waals surface area (Å²) in [5.74, 6) is 0.870. The van der Waals surface area contributed by atoms with E-state index in [-0.39, 0.29) is 16.6 Å². The Morgan fingerprint density at radius 1 is 1.30 bits per heavy atom. The van der Waals surface area contributed by atoms with E-state index < -0.39 is 0 Å². The van der Waals surface area contributed by atoms with E-state index in [1.807, 2.05) is 17.0 Å². The largest absolute Gasteiger partial charge is 0.342 e. The number of hydrogen-bond donors (Lipinski definition) is 0. The van der Waals surface area contributed by atoms with E-state index in [9.17, 15) is 4.79 Å². The average molecular weight is 386 g/mol. The van der Waals surface area contributed by atoms with Crippen molar-refractivity contribution in [3.8, 4) is 11.3 Å². The van der Waals surface area contributed by atoms with Crippen molar-refractivity contribution in [2.45, 2.75) is 47.0 Å². The van der Waals surface area contributed by atoms with Gasteiger partial charge in [0.05, 0.1) is 5.69 Å². The Morgan fingerprint density at radius 2 is 2.07 bits per heavy atom. The van der Waals surface area contributed by atoms with Crippen LogP contribution in [-0.4, -0.2) is 33.9 Å². The Kier molecular flexibility index (Phi) is 5.85. The number of rotatable bonds is 4. The molecule has 2 heterocycles. The standard InChI is InChI=1S/C22H28ClN3O/c1-15-13-17(19-9-11-24-21(23)25-19)6-5-16(15)7-8-20(27)26-12-10-18(14-26)22(2,3)4/h5-6,9,11,13,18H,7-8,10,12,14H2,1-4H3. The number of benzene rings is 1. The van der Waals surface area contributed by atoms with Crippen molar-refractivity contribution in [2.24, 2.45) is 11.3 Å². The second-order valence-electron chi connectivity index (χ2n) is 8.54. The number of likely N-dealkylation sites (tertiary alicyclic amines) is 1. The van der Waals surface area contributed by atoms with Crippen LogP contribution in [-0.2, 0) is 11.2 Å². The number of carbonyl (C=O) groups is 1. The minimum absolute atomic E-state index is 0.249. The highest BCUT2D eigenvalue weighted by molar-refractivity contribution is 6.28. The molecular weight excluding hydrogens is 358 g/mol. The lowest BCUT2D eigenvalue weighted by molar-refractivity contribution is -0.130. The van der Waals surface area contributed by atoms with E-state index in [4.69, 9.17) is 11.6 Å². The molecule has 1 aliphatic rings. The fourth-order valence-corrected chi connectivity index (χ4v) is 3.87. The molecule has 0 spiro atoms. The van der Waals surface area contributed by atoms with Crippen molar-refractivity contribution < 1.29 is 4.79 Å². The lowest BCUT2D eigenvalue weighted by atomic mass is 9.80. The molecule has 1 fully saturated rings. The summed E-state index contributed by atoms with van der Waals surface area (Å²) in [5.41, 5.74) is 4.47. The molecule has 1 unspecified atom stereocenters. The van der Waals surface area contributed by atoms with Gasteiger partial charge in [0.2, 0.25) is 11.2 Å². The van der Waals surface area contributed by atoms with Gasteiger partial charge in [0.15, 0.2) is 0 Å². The van der Waals surface area contributed by atoms with Gasteiger partial charge in [0, 0.05) is 31.3 Å². The molecule has 1 atom stereocenters. The maximum atomic E-state index is 12.6. The first-order valence-corrected chi connectivity index (χ1v) is 9.98. The van der Waals surface area contributed by atoms with E-state index in [2.05, 4.69) is 49.8 Å². The van der Waals surface area contributed by atoms with Crippen molar-refractivity contribution in [3.63, 3.8) is 0 Å². The molecule has 1 aliphatic heterocycles. The maximum Gasteiger partial charge on any atom is 0.222 e. The van der Waals surface area contributed by atoms with Crippen LogP contribution in [0, 0.1) is 18.3 Å². The number of aryl methyl sites for hydroxylation is 2. The Morgan fingerprint density at radius 3 is 2.70 bits per heavy atom. The van der Waals surface area contributed by atoms with Crippen LogP contribution in [0.15, 0.2) is 30.5 Å². The molecule has 1 aromatic heterocycles. The minimum Gasteiger partial charge on any atom is -0.342 e. The quantitative estimate of drug-likeness (QED) is 0.701. The zero-order valence-electron chi connectivity index (χ0n) is 16.6. The molecule has 1 amide bonds. The molecule has 144 valence electrons. The third-order valence-corrected chi connectivity index (χ3v) is 5.82. The van der Waals surface area contributed by atoms with Crippen LogP contribution in [0.5, 0.6) is 0 Å². The van der Waals surface area contributed by atoms with Crippen molar-refractivity contribution in [1.82, 2.24) is 14.9 Å². The van der Waals surface area contributed by atoms with Gasteiger partial charge in [-0.2, -0.15) is 0 Å². The number of amides is 1. The summed E-state index contributed by atoms with van der Waals surface area (Å²) < 4.78 is 0. The second kappa shape index (κ2) is 7.97. The first-order valence-electron chi connectivity index (χ1n) is 9.60. The van der Waals surface area contributed by atoms with Gasteiger partial charge in [0.1, 0.15) is 0 Å². The van der Waals surface area contributed by atoms with Gasteiger partial charge in [-0.15, -0.1) is 0 Å². The Hall–Kier alpha value is -1.94. The van der Waals surface area contributed by atoms with Gasteiger partial charge in [-0.25, -0.2) is 9.97 Å². The highest BCUT2D eigenvalue weighted by atomic mass is 35.5. The molecule has 1 aromatic carbocycles. The molecule has 0 saturated carbocycles. The number of carbonyl (C=O) groups excluding carboxylic acids is 1. The van der Waals surface area contributed by atoms with Crippen molar-refractivity contribution in [2.75, 3.05) is 13.1 Å². The van der Waals surface area contributed by atoms with Gasteiger partial charge in [0.25, 0.3) is 0 Å². The summed E-state index contributed by atoms with van der Waals surface area (Å²) in [7, 11) is 0. The summed E-state index contributed by atoms with van der Waals surface area (Å²) in [4.78, 5) is 22.9. The van der Waals surface area contributed by atoms with E-state index in [0.29, 0.717) is 12.3 Å². The summed E-state index contributed by atoms with van der Waals surface area (Å²) in [6.07, 6.45) is 4.11. The molecule has 3 rings (SSSR count). The van der Waals surface area contributed by atoms with Crippen molar-refractivity contribution in [1.29, 1.82) is 0 Å². The number of nitrogens with zero attached hydrogens (tertiary/aromatic N) is 3. The van der Waals surface area contributed by atoms with Gasteiger partial charge in [-0.3, -0.25) is 4.79 Å². The Balaban J connectivity index is 1.61. The Bertz CT molecular complexity index is 829. The third kappa shape index (κ3) is 4.86. The monoisotopic (exact) mass is 385 g/mol. The second-order valence-corrected chi connectivity index (χ2v) is 8.88. The first kappa shape index (κ1) is 19.8. The zero-order chi connectivity index (χ0) is 19.6. The minimum atomic E-state index is 0.249. The van der Waals surface area contributed by atoms with Crippen LogP contribution in [0.1, 0.15) is 44.7 Å². The first-order chi connectivity index (χ1) is 12.7. The van der Waals surface area contributed by atoms with E-state index in [1.165, 1.54) is 11.1 Å². The van der Waals surface area contributed by atoms with Gasteiger partial charge < -0.3 is 4.90 Å². The fraction of sp³-hybridized carbons (Fsp3) is 0.500. The summed E-state index contributed by atoms with van der Waals surface area (Å²) >= 11 is 5.89. The van der Waals surface area contributed by atoms with Crippen molar-refractivity contribution in [3.05, 3.63) is 46.9 Å². The predicted molar refractivity (Wildman–Crippen MR) is 110 cm³/mol. The smallest absolute Gasteiger partial charge is 0.222 e. The zero-order valence-corrected chi connectivity index (χ0v) is 17.4. The summed E-state index contributed by atoms with van der Waals surface area (Å²) in [5, 5.41) is 0.249. The van der Waals surface area contributed by atoms with E-state index in [1.54, 1.807) is 6.20 Å². The van der Waals surface area contributed by atoms with E-state index in [0.717, 1.165) is 37.2 Å². The number of hydrogen-bond acceptors (Lipinski definition) is 3. The molecule has 0 radical (unpaired) electrons. The average Bonchev–Trinajstić information content (AvgIpc) is 3.11. The lowest BCUT2D eigenvalue weighted by Gasteiger charge is -2.27. The Labute approximate surface area is 167 Å². The highest BCUT2D eigenvalue weighted by Gasteiger charge is 2.33. The topological polar surface area (TPSA) is 46.1 Å². The van der Waals surface area contributed by atoms with Gasteiger partial charge >= 0.3 is 0 Å². The summed E-state index contributed by atoms with van der Waals surface area (Å²) in [6.45, 7) is 10.7. The molecule has 5 heteroatoms. The van der Waals surface area contributed by atoms with Gasteiger partial charge in [-0.1, -0.05) is 32.9 Å². The normalized spacial score (nSPS) is 17.4. The summed E-state index contributed by atoms with van der Waals surface area (Å²) in [6, 6.07) is 8.08. The van der Waals surface area contributed by atoms with E-state index >= 15 is 0 Å². The molecule has 0 aliphatic carbocycles. The molecule has 0 N–H and O–H groups in total. The van der Waals surface area contributed by atoms with Crippen LogP contribution in [0.4, 0.5) is 0 Å². The lowest BCUT2D eigenvalue weighted by Crippen LogP contribution is -2.31. The molecule has 0 bridgehead atoms.